The van der Waals surface area contributed by atoms with Gasteiger partial charge in [-0.05, 0) is 68.4 Å². The van der Waals surface area contributed by atoms with Crippen LogP contribution in [-0.4, -0.2) is 76.7 Å². The van der Waals surface area contributed by atoms with Crippen LogP contribution in [0.4, 0.5) is 4.39 Å². The lowest BCUT2D eigenvalue weighted by Gasteiger charge is -2.31. The molecule has 0 radical (unpaired) electrons. The van der Waals surface area contributed by atoms with E-state index in [0.717, 1.165) is 4.31 Å². The third-order valence-electron chi connectivity index (χ3n) is 5.99. The van der Waals surface area contributed by atoms with Gasteiger partial charge in [-0.15, -0.1) is 0 Å². The number of benzene rings is 2. The van der Waals surface area contributed by atoms with Crippen molar-refractivity contribution < 1.29 is 27.1 Å². The van der Waals surface area contributed by atoms with Crippen molar-refractivity contribution in [2.24, 2.45) is 5.92 Å². The average molecular weight is 492 g/mol. The summed E-state index contributed by atoms with van der Waals surface area (Å²) < 4.78 is 44.2. The number of carbonyl (C=O) groups excluding carboxylic acids is 2. The smallest absolute Gasteiger partial charge is 0.255 e. The number of amides is 1. The lowest BCUT2D eigenvalue weighted by molar-refractivity contribution is 0.0838. The van der Waals surface area contributed by atoms with Crippen LogP contribution in [0.15, 0.2) is 47.4 Å². The number of likely N-dealkylation sites (tertiary alicyclic amines) is 1. The third kappa shape index (κ3) is 5.99. The van der Waals surface area contributed by atoms with Crippen LogP contribution in [0.25, 0.3) is 0 Å². The van der Waals surface area contributed by atoms with Crippen molar-refractivity contribution in [3.05, 3.63) is 59.4 Å². The standard InChI is InChI=1S/C24H30FN3O5S/c1-27(2)34(31,32)20-8-9-22(33-3)21(16-20)24(30)26-12-15-28-13-10-18(11-14-28)23(29)17-4-6-19(25)7-5-17/h4-9,16,18H,10-15H2,1-3H3,(H,26,30). The number of hydrogen-bond donors (Lipinski definition) is 1. The molecule has 1 N–H and O–H groups in total. The molecule has 1 amide bonds. The third-order valence-corrected chi connectivity index (χ3v) is 7.81. The molecular weight excluding hydrogens is 461 g/mol. The average Bonchev–Trinajstić information content (AvgIpc) is 2.83. The first-order valence-electron chi connectivity index (χ1n) is 11.0. The molecule has 0 saturated carbocycles. The number of rotatable bonds is 9. The van der Waals surface area contributed by atoms with Crippen molar-refractivity contribution in [2.75, 3.05) is 47.4 Å². The summed E-state index contributed by atoms with van der Waals surface area (Å²) in [7, 11) is 0.586. The number of nitrogens with zero attached hydrogens (tertiary/aromatic N) is 2. The molecular formula is C24H30FN3O5S. The monoisotopic (exact) mass is 491 g/mol. The Balaban J connectivity index is 1.53. The van der Waals surface area contributed by atoms with E-state index < -0.39 is 15.9 Å². The van der Waals surface area contributed by atoms with E-state index in [4.69, 9.17) is 4.74 Å². The molecule has 1 heterocycles. The Bertz CT molecular complexity index is 1130. The van der Waals surface area contributed by atoms with Crippen LogP contribution in [0.3, 0.4) is 0 Å². The first-order valence-corrected chi connectivity index (χ1v) is 12.5. The van der Waals surface area contributed by atoms with Crippen molar-refractivity contribution in [1.82, 2.24) is 14.5 Å². The highest BCUT2D eigenvalue weighted by atomic mass is 32.2. The Morgan fingerprint density at radius 1 is 1.12 bits per heavy atom. The second kappa shape index (κ2) is 11.1. The number of methoxy groups -OCH3 is 1. The molecule has 0 unspecified atom stereocenters. The summed E-state index contributed by atoms with van der Waals surface area (Å²) in [4.78, 5) is 27.5. The molecule has 0 bridgehead atoms. The summed E-state index contributed by atoms with van der Waals surface area (Å²) >= 11 is 0. The summed E-state index contributed by atoms with van der Waals surface area (Å²) in [6.45, 7) is 2.39. The topological polar surface area (TPSA) is 96.0 Å². The fourth-order valence-electron chi connectivity index (χ4n) is 3.93. The van der Waals surface area contributed by atoms with Crippen LogP contribution in [0.1, 0.15) is 33.6 Å². The first-order chi connectivity index (χ1) is 16.1. The number of nitrogens with one attached hydrogen (secondary N) is 1. The van der Waals surface area contributed by atoms with E-state index in [1.165, 1.54) is 63.7 Å². The van der Waals surface area contributed by atoms with Gasteiger partial charge in [-0.2, -0.15) is 0 Å². The molecule has 1 aliphatic rings. The van der Waals surface area contributed by atoms with Crippen LogP contribution >= 0.6 is 0 Å². The molecule has 1 saturated heterocycles. The van der Waals surface area contributed by atoms with E-state index in [9.17, 15) is 22.4 Å². The van der Waals surface area contributed by atoms with Crippen LogP contribution in [0.5, 0.6) is 5.75 Å². The Hall–Kier alpha value is -2.82. The zero-order chi connectivity index (χ0) is 24.9. The Morgan fingerprint density at radius 3 is 2.35 bits per heavy atom. The molecule has 1 aliphatic heterocycles. The van der Waals surface area contributed by atoms with Gasteiger partial charge < -0.3 is 15.0 Å². The summed E-state index contributed by atoms with van der Waals surface area (Å²) in [6.07, 6.45) is 1.39. The van der Waals surface area contributed by atoms with Gasteiger partial charge in [-0.3, -0.25) is 9.59 Å². The van der Waals surface area contributed by atoms with E-state index in [0.29, 0.717) is 44.6 Å². The van der Waals surface area contributed by atoms with Gasteiger partial charge in [-0.25, -0.2) is 17.1 Å². The number of sulfonamides is 1. The Kier molecular flexibility index (Phi) is 8.40. The minimum absolute atomic E-state index is 0.0105. The van der Waals surface area contributed by atoms with Crippen molar-refractivity contribution in [3.8, 4) is 5.75 Å². The molecule has 0 aliphatic carbocycles. The molecule has 2 aromatic carbocycles. The molecule has 3 rings (SSSR count). The van der Waals surface area contributed by atoms with E-state index in [1.807, 2.05) is 0 Å². The van der Waals surface area contributed by atoms with Gasteiger partial charge in [0.1, 0.15) is 11.6 Å². The van der Waals surface area contributed by atoms with Crippen LogP contribution < -0.4 is 10.1 Å². The lowest BCUT2D eigenvalue weighted by Crippen LogP contribution is -2.41. The van der Waals surface area contributed by atoms with Crippen LogP contribution in [0, 0.1) is 11.7 Å². The van der Waals surface area contributed by atoms with Gasteiger partial charge in [0.05, 0.1) is 17.6 Å². The molecule has 0 spiro atoms. The van der Waals surface area contributed by atoms with Gasteiger partial charge in [0.2, 0.25) is 10.0 Å². The Labute approximate surface area is 199 Å². The van der Waals surface area contributed by atoms with Gasteiger partial charge in [-0.1, -0.05) is 0 Å². The number of halogens is 1. The zero-order valence-corrected chi connectivity index (χ0v) is 20.4. The molecule has 8 nitrogen and oxygen atoms in total. The number of ketones is 1. The minimum atomic E-state index is -3.69. The number of piperidine rings is 1. The number of ether oxygens (including phenoxy) is 1. The van der Waals surface area contributed by atoms with Crippen molar-refractivity contribution in [3.63, 3.8) is 0 Å². The minimum Gasteiger partial charge on any atom is -0.496 e. The maximum absolute atomic E-state index is 13.1. The van der Waals surface area contributed by atoms with Crippen molar-refractivity contribution >= 4 is 21.7 Å². The van der Waals surface area contributed by atoms with E-state index in [-0.39, 0.29) is 33.7 Å². The highest BCUT2D eigenvalue weighted by Crippen LogP contribution is 2.24. The van der Waals surface area contributed by atoms with Gasteiger partial charge in [0, 0.05) is 38.7 Å². The summed E-state index contributed by atoms with van der Waals surface area (Å²) in [6, 6.07) is 9.82. The summed E-state index contributed by atoms with van der Waals surface area (Å²) in [5.74, 6) is -0.559. The van der Waals surface area contributed by atoms with Gasteiger partial charge in [0.25, 0.3) is 5.91 Å². The first kappa shape index (κ1) is 25.8. The molecule has 184 valence electrons. The predicted molar refractivity (Wildman–Crippen MR) is 126 cm³/mol. The number of carbonyl (C=O) groups is 2. The SMILES string of the molecule is COc1ccc(S(=O)(=O)N(C)C)cc1C(=O)NCCN1CCC(C(=O)c2ccc(F)cc2)CC1. The summed E-state index contributed by atoms with van der Waals surface area (Å²) in [5, 5.41) is 2.82. The quantitative estimate of drug-likeness (QED) is 0.542. The fraction of sp³-hybridized carbons (Fsp3) is 0.417. The second-order valence-corrected chi connectivity index (χ2v) is 10.5. The highest BCUT2D eigenvalue weighted by molar-refractivity contribution is 7.89. The van der Waals surface area contributed by atoms with E-state index in [1.54, 1.807) is 0 Å². The number of Topliss-reactive ketones (excluding diaryl/α,β-unsaturated/α-hetero) is 1. The zero-order valence-electron chi connectivity index (χ0n) is 19.6. The van der Waals surface area contributed by atoms with Gasteiger partial charge in [0.15, 0.2) is 5.78 Å². The normalized spacial score (nSPS) is 15.3. The number of hydrogen-bond acceptors (Lipinski definition) is 6. The van der Waals surface area contributed by atoms with Crippen molar-refractivity contribution in [2.45, 2.75) is 17.7 Å². The van der Waals surface area contributed by atoms with Crippen LogP contribution in [-0.2, 0) is 10.0 Å². The van der Waals surface area contributed by atoms with E-state index in [2.05, 4.69) is 10.2 Å². The molecule has 0 atom stereocenters. The largest absolute Gasteiger partial charge is 0.496 e. The van der Waals surface area contributed by atoms with Crippen LogP contribution in [0.2, 0.25) is 0 Å². The molecule has 2 aromatic rings. The lowest BCUT2D eigenvalue weighted by atomic mass is 9.89. The van der Waals surface area contributed by atoms with Crippen molar-refractivity contribution in [1.29, 1.82) is 0 Å². The second-order valence-electron chi connectivity index (χ2n) is 8.39. The highest BCUT2D eigenvalue weighted by Gasteiger charge is 2.26. The Morgan fingerprint density at radius 2 is 1.76 bits per heavy atom. The predicted octanol–water partition coefficient (Wildman–Crippen LogP) is 2.41. The van der Waals surface area contributed by atoms with E-state index >= 15 is 0 Å². The molecule has 34 heavy (non-hydrogen) atoms. The molecule has 1 fully saturated rings. The summed E-state index contributed by atoms with van der Waals surface area (Å²) in [5.41, 5.74) is 0.675. The molecule has 10 heteroatoms. The fourth-order valence-corrected chi connectivity index (χ4v) is 4.86. The maximum Gasteiger partial charge on any atom is 0.255 e. The molecule has 0 aromatic heterocycles. The maximum atomic E-state index is 13.1. The van der Waals surface area contributed by atoms with Gasteiger partial charge >= 0.3 is 0 Å².